The third kappa shape index (κ3) is 2.02. The Balaban J connectivity index is 1.80. The van der Waals surface area contributed by atoms with Crippen molar-refractivity contribution in [3.8, 4) is 0 Å². The molecule has 2 nitrogen and oxygen atoms in total. The summed E-state index contributed by atoms with van der Waals surface area (Å²) in [5, 5.41) is 0. The number of carbonyl (C=O) groups excluding carboxylic acids is 1. The molecular weight excluding hydrogens is 210 g/mol. The summed E-state index contributed by atoms with van der Waals surface area (Å²) in [4.78, 5) is 14.0. The van der Waals surface area contributed by atoms with Gasteiger partial charge in [0.05, 0.1) is 0 Å². The maximum atomic E-state index is 11.4. The predicted molar refractivity (Wildman–Crippen MR) is 67.9 cm³/mol. The fraction of sp³-hybridized carbons (Fsp3) is 0.533. The lowest BCUT2D eigenvalue weighted by Gasteiger charge is -2.22. The molecular formula is C15H19NO. The van der Waals surface area contributed by atoms with Crippen LogP contribution in [0.4, 0.5) is 0 Å². The van der Waals surface area contributed by atoms with Gasteiger partial charge in [-0.3, -0.25) is 9.69 Å². The molecule has 0 bridgehead atoms. The topological polar surface area (TPSA) is 20.3 Å². The summed E-state index contributed by atoms with van der Waals surface area (Å²) in [6.45, 7) is 3.77. The van der Waals surface area contributed by atoms with Crippen LogP contribution in [0.3, 0.4) is 0 Å². The van der Waals surface area contributed by atoms with Gasteiger partial charge in [0, 0.05) is 24.7 Å². The number of benzene rings is 1. The average molecular weight is 229 g/mol. The fourth-order valence-electron chi connectivity index (χ4n) is 3.17. The maximum Gasteiger partial charge on any atom is 0.159 e. The van der Waals surface area contributed by atoms with Crippen molar-refractivity contribution < 1.29 is 4.79 Å². The van der Waals surface area contributed by atoms with Gasteiger partial charge in [-0.1, -0.05) is 25.0 Å². The minimum absolute atomic E-state index is 0.173. The molecule has 1 heterocycles. The number of rotatable bonds is 2. The van der Waals surface area contributed by atoms with E-state index in [9.17, 15) is 4.79 Å². The second-order valence-corrected chi connectivity index (χ2v) is 5.38. The predicted octanol–water partition coefficient (Wildman–Crippen LogP) is 3.15. The number of hydrogen-bond acceptors (Lipinski definition) is 2. The Kier molecular flexibility index (Phi) is 2.75. The number of nitrogens with zero attached hydrogens (tertiary/aromatic N) is 1. The highest BCUT2D eigenvalue weighted by Crippen LogP contribution is 2.31. The van der Waals surface area contributed by atoms with Crippen molar-refractivity contribution in [2.75, 3.05) is 0 Å². The molecule has 3 rings (SSSR count). The third-order valence-electron chi connectivity index (χ3n) is 4.20. The Bertz CT molecular complexity index is 446. The number of carbonyl (C=O) groups is 1. The summed E-state index contributed by atoms with van der Waals surface area (Å²) < 4.78 is 0. The summed E-state index contributed by atoms with van der Waals surface area (Å²) in [6.07, 6.45) is 5.48. The highest BCUT2D eigenvalue weighted by Gasteiger charge is 2.28. The summed E-state index contributed by atoms with van der Waals surface area (Å²) in [5.74, 6) is 0.173. The molecule has 0 spiro atoms. The molecule has 1 aromatic rings. The first-order valence-electron chi connectivity index (χ1n) is 6.61. The van der Waals surface area contributed by atoms with Gasteiger partial charge in [-0.05, 0) is 37.0 Å². The van der Waals surface area contributed by atoms with Crippen molar-refractivity contribution in [2.45, 2.75) is 51.7 Å². The van der Waals surface area contributed by atoms with Crippen LogP contribution in [0.1, 0.15) is 54.1 Å². The zero-order valence-electron chi connectivity index (χ0n) is 10.4. The van der Waals surface area contributed by atoms with E-state index in [0.717, 1.165) is 24.7 Å². The van der Waals surface area contributed by atoms with Crippen LogP contribution in [-0.2, 0) is 13.1 Å². The number of fused-ring (bicyclic) bond motifs is 1. The van der Waals surface area contributed by atoms with Gasteiger partial charge in [0.25, 0.3) is 0 Å². The first kappa shape index (κ1) is 11.0. The van der Waals surface area contributed by atoms with E-state index in [-0.39, 0.29) is 5.78 Å². The van der Waals surface area contributed by atoms with E-state index in [1.165, 1.54) is 36.8 Å². The van der Waals surface area contributed by atoms with Gasteiger partial charge in [-0.15, -0.1) is 0 Å². The standard InChI is InChI=1S/C15H19NO/c1-11(17)12-6-7-13-9-16(10-14(13)8-12)15-4-2-3-5-15/h6-8,15H,2-5,9-10H2,1H3. The van der Waals surface area contributed by atoms with E-state index in [4.69, 9.17) is 0 Å². The van der Waals surface area contributed by atoms with Crippen LogP contribution < -0.4 is 0 Å². The first-order valence-corrected chi connectivity index (χ1v) is 6.61. The van der Waals surface area contributed by atoms with E-state index in [0.29, 0.717) is 0 Å². The Morgan fingerprint density at radius 2 is 1.88 bits per heavy atom. The van der Waals surface area contributed by atoms with Gasteiger partial charge in [-0.2, -0.15) is 0 Å². The Hall–Kier alpha value is -1.15. The van der Waals surface area contributed by atoms with E-state index >= 15 is 0 Å². The summed E-state index contributed by atoms with van der Waals surface area (Å²) in [6, 6.07) is 6.98. The smallest absolute Gasteiger partial charge is 0.159 e. The maximum absolute atomic E-state index is 11.4. The molecule has 0 N–H and O–H groups in total. The van der Waals surface area contributed by atoms with E-state index in [1.54, 1.807) is 6.92 Å². The van der Waals surface area contributed by atoms with Gasteiger partial charge in [0.15, 0.2) is 5.78 Å². The highest BCUT2D eigenvalue weighted by atomic mass is 16.1. The van der Waals surface area contributed by atoms with Crippen molar-refractivity contribution in [1.29, 1.82) is 0 Å². The van der Waals surface area contributed by atoms with Crippen LogP contribution in [0.2, 0.25) is 0 Å². The molecule has 0 atom stereocenters. The van der Waals surface area contributed by atoms with Gasteiger partial charge < -0.3 is 0 Å². The monoisotopic (exact) mass is 229 g/mol. The Morgan fingerprint density at radius 1 is 1.18 bits per heavy atom. The molecule has 0 radical (unpaired) electrons. The van der Waals surface area contributed by atoms with E-state index < -0.39 is 0 Å². The second-order valence-electron chi connectivity index (χ2n) is 5.38. The quantitative estimate of drug-likeness (QED) is 0.726. The number of ketones is 1. The van der Waals surface area contributed by atoms with Crippen molar-refractivity contribution in [1.82, 2.24) is 4.90 Å². The van der Waals surface area contributed by atoms with E-state index in [2.05, 4.69) is 17.0 Å². The molecule has 1 fully saturated rings. The van der Waals surface area contributed by atoms with Gasteiger partial charge in [0.1, 0.15) is 0 Å². The van der Waals surface area contributed by atoms with Gasteiger partial charge in [0.2, 0.25) is 0 Å². The molecule has 2 heteroatoms. The molecule has 1 aromatic carbocycles. The first-order chi connectivity index (χ1) is 8.24. The molecule has 0 amide bonds. The molecule has 1 aliphatic carbocycles. The summed E-state index contributed by atoms with van der Waals surface area (Å²) in [5.41, 5.74) is 3.64. The zero-order chi connectivity index (χ0) is 11.8. The Labute approximate surface area is 103 Å². The van der Waals surface area contributed by atoms with E-state index in [1.807, 2.05) is 6.07 Å². The normalized spacial score (nSPS) is 20.8. The Morgan fingerprint density at radius 3 is 2.59 bits per heavy atom. The van der Waals surface area contributed by atoms with Gasteiger partial charge >= 0.3 is 0 Å². The van der Waals surface area contributed by atoms with Crippen molar-refractivity contribution in [3.63, 3.8) is 0 Å². The van der Waals surface area contributed by atoms with Crippen molar-refractivity contribution >= 4 is 5.78 Å². The number of Topliss-reactive ketones (excluding diaryl/α,β-unsaturated/α-hetero) is 1. The zero-order valence-corrected chi connectivity index (χ0v) is 10.4. The summed E-state index contributed by atoms with van der Waals surface area (Å²) in [7, 11) is 0. The lowest BCUT2D eigenvalue weighted by atomic mass is 10.0. The molecule has 0 saturated heterocycles. The molecule has 2 aliphatic rings. The van der Waals surface area contributed by atoms with Crippen LogP contribution in [-0.4, -0.2) is 16.7 Å². The summed E-state index contributed by atoms with van der Waals surface area (Å²) >= 11 is 0. The van der Waals surface area contributed by atoms with Crippen LogP contribution in [0.25, 0.3) is 0 Å². The average Bonchev–Trinajstić information content (AvgIpc) is 2.96. The van der Waals surface area contributed by atoms with Crippen molar-refractivity contribution in [2.24, 2.45) is 0 Å². The minimum Gasteiger partial charge on any atom is -0.295 e. The molecule has 1 saturated carbocycles. The lowest BCUT2D eigenvalue weighted by Crippen LogP contribution is -2.27. The number of hydrogen-bond donors (Lipinski definition) is 0. The molecule has 90 valence electrons. The highest BCUT2D eigenvalue weighted by molar-refractivity contribution is 5.94. The molecule has 0 aromatic heterocycles. The van der Waals surface area contributed by atoms with Crippen LogP contribution >= 0.6 is 0 Å². The second kappa shape index (κ2) is 4.26. The van der Waals surface area contributed by atoms with Crippen LogP contribution in [0, 0.1) is 0 Å². The fourth-order valence-corrected chi connectivity index (χ4v) is 3.17. The minimum atomic E-state index is 0.173. The van der Waals surface area contributed by atoms with Crippen LogP contribution in [0.5, 0.6) is 0 Å². The lowest BCUT2D eigenvalue weighted by molar-refractivity contribution is 0.101. The molecule has 17 heavy (non-hydrogen) atoms. The molecule has 1 aliphatic heterocycles. The molecule has 0 unspecified atom stereocenters. The van der Waals surface area contributed by atoms with Crippen LogP contribution in [0.15, 0.2) is 18.2 Å². The SMILES string of the molecule is CC(=O)c1ccc2c(c1)CN(C1CCCC1)C2. The van der Waals surface area contributed by atoms with Crippen molar-refractivity contribution in [3.05, 3.63) is 34.9 Å². The third-order valence-corrected chi connectivity index (χ3v) is 4.20. The van der Waals surface area contributed by atoms with Gasteiger partial charge in [-0.25, -0.2) is 0 Å². The largest absolute Gasteiger partial charge is 0.295 e.